The van der Waals surface area contributed by atoms with Crippen LogP contribution in [0.25, 0.3) is 0 Å². The summed E-state index contributed by atoms with van der Waals surface area (Å²) in [6.45, 7) is 6.41. The normalized spacial score (nSPS) is 12.7. The molecule has 0 aromatic heterocycles. The average molecular weight is 905 g/mol. The first-order chi connectivity index (χ1) is 32.0. The molecule has 0 amide bonds. The van der Waals surface area contributed by atoms with Gasteiger partial charge in [0.2, 0.25) is 0 Å². The molecule has 0 saturated heterocycles. The Kier molecular flexibility index (Phi) is 50.4. The van der Waals surface area contributed by atoms with Crippen LogP contribution in [0.3, 0.4) is 0 Å². The van der Waals surface area contributed by atoms with Gasteiger partial charge in [-0.15, -0.1) is 0 Å². The number of hydrogen-bond acceptors (Lipinski definition) is 6. The smallest absolute Gasteiger partial charge is 0.306 e. The summed E-state index contributed by atoms with van der Waals surface area (Å²) in [4.78, 5) is 38.0. The number of allylic oxidation sites excluding steroid dienone is 14. The average Bonchev–Trinajstić information content (AvgIpc) is 3.30. The molecule has 0 N–H and O–H groups in total. The van der Waals surface area contributed by atoms with E-state index in [0.717, 1.165) is 64.2 Å². The third-order valence-electron chi connectivity index (χ3n) is 11.5. The van der Waals surface area contributed by atoms with Crippen LogP contribution in [0, 0.1) is 0 Å². The highest BCUT2D eigenvalue weighted by atomic mass is 16.6. The molecule has 0 bridgehead atoms. The van der Waals surface area contributed by atoms with Crippen LogP contribution in [-0.4, -0.2) is 37.2 Å². The molecule has 0 saturated carbocycles. The summed E-state index contributed by atoms with van der Waals surface area (Å²) in [5, 5.41) is 0. The minimum Gasteiger partial charge on any atom is -0.462 e. The van der Waals surface area contributed by atoms with Crippen molar-refractivity contribution in [1.29, 1.82) is 0 Å². The SMILES string of the molecule is CC\C=C/C=C\C=C/C=C\C=C/CCCC(=O)OCC(COC(=O)CCCCCCCCC/C=C\C/C=C\CCCCC)OC(=O)CCCCCCCCCCCCCCCCCCC. The number of rotatable bonds is 48. The van der Waals surface area contributed by atoms with E-state index >= 15 is 0 Å². The van der Waals surface area contributed by atoms with Crippen molar-refractivity contribution in [3.05, 3.63) is 85.1 Å². The Balaban J connectivity index is 4.45. The summed E-state index contributed by atoms with van der Waals surface area (Å²) in [5.74, 6) is -0.981. The second-order valence-electron chi connectivity index (χ2n) is 17.9. The first-order valence-electron chi connectivity index (χ1n) is 27.2. The first kappa shape index (κ1) is 61.6. The van der Waals surface area contributed by atoms with E-state index in [1.165, 1.54) is 141 Å². The van der Waals surface area contributed by atoms with Gasteiger partial charge in [0.1, 0.15) is 13.2 Å². The highest BCUT2D eigenvalue weighted by Crippen LogP contribution is 2.16. The van der Waals surface area contributed by atoms with E-state index in [2.05, 4.69) is 51.2 Å². The molecule has 0 aliphatic heterocycles. The third kappa shape index (κ3) is 51.4. The van der Waals surface area contributed by atoms with Crippen LogP contribution in [-0.2, 0) is 28.6 Å². The van der Waals surface area contributed by atoms with Crippen molar-refractivity contribution in [2.45, 2.75) is 258 Å². The lowest BCUT2D eigenvalue weighted by atomic mass is 10.0. The molecular weight excluding hydrogens is 805 g/mol. The monoisotopic (exact) mass is 905 g/mol. The molecule has 1 atom stereocenters. The molecule has 6 heteroatoms. The first-order valence-corrected chi connectivity index (χ1v) is 27.2. The Morgan fingerprint density at radius 1 is 0.338 bits per heavy atom. The molecule has 1 unspecified atom stereocenters. The molecule has 65 heavy (non-hydrogen) atoms. The van der Waals surface area contributed by atoms with E-state index in [-0.39, 0.29) is 37.5 Å². The van der Waals surface area contributed by atoms with E-state index < -0.39 is 6.10 Å². The van der Waals surface area contributed by atoms with Crippen LogP contribution < -0.4 is 0 Å². The zero-order chi connectivity index (χ0) is 47.2. The molecule has 0 rings (SSSR count). The second kappa shape index (κ2) is 53.2. The fraction of sp³-hybridized carbons (Fsp3) is 0.712. The van der Waals surface area contributed by atoms with E-state index in [4.69, 9.17) is 14.2 Å². The number of carbonyl (C=O) groups excluding carboxylic acids is 3. The lowest BCUT2D eigenvalue weighted by Crippen LogP contribution is -2.30. The van der Waals surface area contributed by atoms with Gasteiger partial charge in [-0.2, -0.15) is 0 Å². The molecule has 0 radical (unpaired) electrons. The predicted octanol–water partition coefficient (Wildman–Crippen LogP) is 18.0. The van der Waals surface area contributed by atoms with Gasteiger partial charge in [-0.1, -0.05) is 254 Å². The minimum absolute atomic E-state index is 0.102. The third-order valence-corrected chi connectivity index (χ3v) is 11.5. The molecule has 0 aliphatic carbocycles. The molecule has 0 heterocycles. The van der Waals surface area contributed by atoms with Crippen LogP contribution in [0.2, 0.25) is 0 Å². The van der Waals surface area contributed by atoms with Crippen molar-refractivity contribution in [2.75, 3.05) is 13.2 Å². The summed E-state index contributed by atoms with van der Waals surface area (Å²) in [6, 6.07) is 0. The van der Waals surface area contributed by atoms with Gasteiger partial charge >= 0.3 is 17.9 Å². The summed E-state index contributed by atoms with van der Waals surface area (Å²) in [7, 11) is 0. The Morgan fingerprint density at radius 3 is 1.14 bits per heavy atom. The zero-order valence-corrected chi connectivity index (χ0v) is 42.5. The van der Waals surface area contributed by atoms with Gasteiger partial charge in [0.15, 0.2) is 6.10 Å². The summed E-state index contributed by atoms with van der Waals surface area (Å²) < 4.78 is 16.8. The number of hydrogen-bond donors (Lipinski definition) is 0. The van der Waals surface area contributed by atoms with E-state index in [1.54, 1.807) is 0 Å². The Hall–Kier alpha value is -3.41. The maximum absolute atomic E-state index is 12.8. The van der Waals surface area contributed by atoms with Gasteiger partial charge in [-0.3, -0.25) is 14.4 Å². The lowest BCUT2D eigenvalue weighted by Gasteiger charge is -2.18. The van der Waals surface area contributed by atoms with Crippen molar-refractivity contribution in [1.82, 2.24) is 0 Å². The maximum Gasteiger partial charge on any atom is 0.306 e. The minimum atomic E-state index is -0.807. The molecule has 0 aromatic carbocycles. The fourth-order valence-corrected chi connectivity index (χ4v) is 7.44. The molecule has 0 aromatic rings. The topological polar surface area (TPSA) is 78.9 Å². The van der Waals surface area contributed by atoms with E-state index in [1.807, 2.05) is 54.7 Å². The van der Waals surface area contributed by atoms with Crippen molar-refractivity contribution in [2.24, 2.45) is 0 Å². The quantitative estimate of drug-likeness (QED) is 0.0199. The van der Waals surface area contributed by atoms with Gasteiger partial charge in [0.25, 0.3) is 0 Å². The second-order valence-corrected chi connectivity index (χ2v) is 17.9. The fourth-order valence-electron chi connectivity index (χ4n) is 7.44. The van der Waals surface area contributed by atoms with E-state index in [9.17, 15) is 14.4 Å². The predicted molar refractivity (Wildman–Crippen MR) is 279 cm³/mol. The summed E-state index contributed by atoms with van der Waals surface area (Å²) in [6.07, 6.45) is 68.6. The van der Waals surface area contributed by atoms with Crippen LogP contribution in [0.5, 0.6) is 0 Å². The standard InChI is InChI=1S/C59H100O6/c1-4-7-10-13-16-19-22-25-27-29-31-34-37-40-43-46-49-52-58(61)64-55-56(54-63-57(60)51-48-45-42-39-36-33-24-21-18-15-12-9-6-3)65-59(62)53-50-47-44-41-38-35-32-30-28-26-23-20-17-14-11-8-5-2/h9,12,15-16,18-19,21,24-25,27,33,36,39,42,56H,4-8,10-11,13-14,17,20,22-23,26,28-32,34-35,37-38,40-41,43-55H2,1-3H3/b12-9-,18-15-,19-16-,24-21-,27-25-,36-33-,42-39-. The van der Waals surface area contributed by atoms with Crippen LogP contribution in [0.4, 0.5) is 0 Å². The largest absolute Gasteiger partial charge is 0.462 e. The van der Waals surface area contributed by atoms with Crippen LogP contribution in [0.1, 0.15) is 252 Å². The van der Waals surface area contributed by atoms with Gasteiger partial charge in [0, 0.05) is 19.3 Å². The van der Waals surface area contributed by atoms with Gasteiger partial charge in [0.05, 0.1) is 0 Å². The van der Waals surface area contributed by atoms with Crippen molar-refractivity contribution in [3.8, 4) is 0 Å². The molecule has 0 aliphatic rings. The Labute approximate surface area is 401 Å². The molecule has 0 spiro atoms. The number of carbonyl (C=O) groups is 3. The molecular formula is C59H100O6. The van der Waals surface area contributed by atoms with Crippen molar-refractivity contribution < 1.29 is 28.6 Å². The summed E-state index contributed by atoms with van der Waals surface area (Å²) >= 11 is 0. The van der Waals surface area contributed by atoms with Gasteiger partial charge in [-0.25, -0.2) is 0 Å². The number of esters is 3. The Morgan fingerprint density at radius 2 is 0.677 bits per heavy atom. The van der Waals surface area contributed by atoms with Crippen molar-refractivity contribution in [3.63, 3.8) is 0 Å². The van der Waals surface area contributed by atoms with Gasteiger partial charge in [-0.05, 0) is 64.2 Å². The molecule has 0 fully saturated rings. The van der Waals surface area contributed by atoms with Gasteiger partial charge < -0.3 is 14.2 Å². The highest BCUT2D eigenvalue weighted by Gasteiger charge is 2.19. The number of ether oxygens (including phenoxy) is 3. The van der Waals surface area contributed by atoms with Crippen LogP contribution >= 0.6 is 0 Å². The molecule has 6 nitrogen and oxygen atoms in total. The van der Waals surface area contributed by atoms with E-state index in [0.29, 0.717) is 19.3 Å². The maximum atomic E-state index is 12.8. The molecule has 372 valence electrons. The summed E-state index contributed by atoms with van der Waals surface area (Å²) in [5.41, 5.74) is 0. The lowest BCUT2D eigenvalue weighted by molar-refractivity contribution is -0.167. The number of unbranched alkanes of at least 4 members (excludes halogenated alkanes) is 27. The Bertz CT molecular complexity index is 1270. The van der Waals surface area contributed by atoms with Crippen molar-refractivity contribution >= 4 is 17.9 Å². The highest BCUT2D eigenvalue weighted by molar-refractivity contribution is 5.71. The van der Waals surface area contributed by atoms with Crippen LogP contribution in [0.15, 0.2) is 85.1 Å². The zero-order valence-electron chi connectivity index (χ0n) is 42.5.